The predicted octanol–water partition coefficient (Wildman–Crippen LogP) is 4.67. The van der Waals surface area contributed by atoms with Crippen molar-refractivity contribution in [1.29, 1.82) is 0 Å². The number of nitrogens with one attached hydrogen (secondary N) is 3. The quantitative estimate of drug-likeness (QED) is 0.622. The second kappa shape index (κ2) is 9.89. The van der Waals surface area contributed by atoms with Crippen molar-refractivity contribution in [3.8, 4) is 0 Å². The van der Waals surface area contributed by atoms with Gasteiger partial charge in [0.05, 0.1) is 0 Å². The van der Waals surface area contributed by atoms with Crippen molar-refractivity contribution in [2.45, 2.75) is 6.42 Å². The fourth-order valence-corrected chi connectivity index (χ4v) is 2.53. The number of hydrogen-bond donors (Lipinski definition) is 3. The Morgan fingerprint density at radius 2 is 1.54 bits per heavy atom. The summed E-state index contributed by atoms with van der Waals surface area (Å²) < 4.78 is 0. The molecule has 3 N–H and O–H groups in total. The number of benzene rings is 2. The molecule has 0 aromatic heterocycles. The zero-order chi connectivity index (χ0) is 18.9. The van der Waals surface area contributed by atoms with Gasteiger partial charge in [-0.15, -0.1) is 0 Å². The molecule has 0 saturated heterocycles. The molecule has 0 aliphatic heterocycles. The second-order valence-corrected chi connectivity index (χ2v) is 6.48. The zero-order valence-electron chi connectivity index (χ0n) is 14.3. The summed E-state index contributed by atoms with van der Waals surface area (Å²) >= 11 is 11.8. The Morgan fingerprint density at radius 3 is 2.12 bits per heavy atom. The normalized spacial score (nSPS) is 10.1. The lowest BCUT2D eigenvalue weighted by Gasteiger charge is -2.18. The van der Waals surface area contributed by atoms with Crippen molar-refractivity contribution in [3.63, 3.8) is 0 Å². The highest BCUT2D eigenvalue weighted by molar-refractivity contribution is 6.31. The van der Waals surface area contributed by atoms with E-state index < -0.39 is 0 Å². The van der Waals surface area contributed by atoms with Gasteiger partial charge in [-0.3, -0.25) is 0 Å². The smallest absolute Gasteiger partial charge is 0.321 e. The third-order valence-electron chi connectivity index (χ3n) is 3.46. The number of urea groups is 2. The average molecular weight is 395 g/mol. The topological polar surface area (TPSA) is 73.5 Å². The average Bonchev–Trinajstić information content (AvgIpc) is 2.58. The minimum Gasteiger partial charge on any atom is -0.338 e. The first-order valence-corrected chi connectivity index (χ1v) is 8.78. The Kier molecular flexibility index (Phi) is 7.56. The number of anilines is 2. The molecule has 2 rings (SSSR count). The molecule has 0 aliphatic carbocycles. The molecule has 0 atom stereocenters. The van der Waals surface area contributed by atoms with E-state index in [9.17, 15) is 9.59 Å². The van der Waals surface area contributed by atoms with Gasteiger partial charge in [-0.2, -0.15) is 0 Å². The van der Waals surface area contributed by atoms with Gasteiger partial charge in [-0.1, -0.05) is 35.3 Å². The molecule has 0 heterocycles. The third-order valence-corrected chi connectivity index (χ3v) is 3.93. The molecule has 4 amide bonds. The summed E-state index contributed by atoms with van der Waals surface area (Å²) in [6.45, 7) is 0.922. The first-order chi connectivity index (χ1) is 12.4. The van der Waals surface area contributed by atoms with E-state index >= 15 is 0 Å². The number of carbonyl (C=O) groups is 2. The third kappa shape index (κ3) is 6.82. The predicted molar refractivity (Wildman–Crippen MR) is 106 cm³/mol. The van der Waals surface area contributed by atoms with Crippen LogP contribution >= 0.6 is 23.2 Å². The zero-order valence-corrected chi connectivity index (χ0v) is 15.8. The van der Waals surface area contributed by atoms with Crippen molar-refractivity contribution >= 4 is 46.6 Å². The Hall–Kier alpha value is -2.44. The lowest BCUT2D eigenvalue weighted by molar-refractivity contribution is 0.221. The fourth-order valence-electron chi connectivity index (χ4n) is 2.15. The molecule has 2 aromatic rings. The lowest BCUT2D eigenvalue weighted by Crippen LogP contribution is -2.35. The van der Waals surface area contributed by atoms with Gasteiger partial charge in [-0.05, 0) is 42.8 Å². The van der Waals surface area contributed by atoms with E-state index in [2.05, 4.69) is 16.0 Å². The van der Waals surface area contributed by atoms with Crippen LogP contribution in [0.5, 0.6) is 0 Å². The maximum absolute atomic E-state index is 12.1. The molecule has 6 nitrogen and oxygen atoms in total. The Balaban J connectivity index is 1.66. The summed E-state index contributed by atoms with van der Waals surface area (Å²) in [5.74, 6) is 0. The van der Waals surface area contributed by atoms with Crippen molar-refractivity contribution in [3.05, 3.63) is 58.6 Å². The van der Waals surface area contributed by atoms with Crippen LogP contribution in [0.3, 0.4) is 0 Å². The summed E-state index contributed by atoms with van der Waals surface area (Å²) in [4.78, 5) is 25.4. The van der Waals surface area contributed by atoms with Gasteiger partial charge in [0.15, 0.2) is 0 Å². The van der Waals surface area contributed by atoms with Crippen LogP contribution in [-0.2, 0) is 0 Å². The molecule has 2 aromatic carbocycles. The fraction of sp³-hybridized carbons (Fsp3) is 0.222. The summed E-state index contributed by atoms with van der Waals surface area (Å²) in [5.41, 5.74) is 1.25. The first-order valence-electron chi connectivity index (χ1n) is 8.02. The monoisotopic (exact) mass is 394 g/mol. The summed E-state index contributed by atoms with van der Waals surface area (Å²) in [7, 11) is 1.69. The molecule has 8 heteroatoms. The number of nitrogens with zero attached hydrogens (tertiary/aromatic N) is 1. The standard InChI is InChI=1S/C18H20Cl2N4O2/c1-24(18(26)23-16-8-3-6-14(20)12-16)10-4-9-21-17(25)22-15-7-2-5-13(19)11-15/h2-3,5-8,11-12H,4,9-10H2,1H3,(H,23,26)(H2,21,22,25). The minimum atomic E-state index is -0.321. The maximum Gasteiger partial charge on any atom is 0.321 e. The van der Waals surface area contributed by atoms with Gasteiger partial charge in [0.2, 0.25) is 0 Å². The van der Waals surface area contributed by atoms with Crippen LogP contribution in [0.4, 0.5) is 21.0 Å². The molecule has 0 radical (unpaired) electrons. The van der Waals surface area contributed by atoms with Crippen molar-refractivity contribution in [2.75, 3.05) is 30.8 Å². The van der Waals surface area contributed by atoms with E-state index in [1.54, 1.807) is 55.6 Å². The molecule has 0 bridgehead atoms. The highest BCUT2D eigenvalue weighted by atomic mass is 35.5. The van der Waals surface area contributed by atoms with Crippen molar-refractivity contribution in [2.24, 2.45) is 0 Å². The Bertz CT molecular complexity index is 770. The van der Waals surface area contributed by atoms with Crippen molar-refractivity contribution in [1.82, 2.24) is 10.2 Å². The van der Waals surface area contributed by atoms with E-state index in [4.69, 9.17) is 23.2 Å². The molecule has 0 unspecified atom stereocenters. The molecule has 138 valence electrons. The number of carbonyl (C=O) groups excluding carboxylic acids is 2. The van der Waals surface area contributed by atoms with Crippen LogP contribution in [0.25, 0.3) is 0 Å². The highest BCUT2D eigenvalue weighted by Gasteiger charge is 2.09. The Morgan fingerprint density at radius 1 is 0.962 bits per heavy atom. The number of halogens is 2. The van der Waals surface area contributed by atoms with E-state index in [0.29, 0.717) is 40.9 Å². The highest BCUT2D eigenvalue weighted by Crippen LogP contribution is 2.15. The van der Waals surface area contributed by atoms with Gasteiger partial charge < -0.3 is 20.9 Å². The minimum absolute atomic E-state index is 0.240. The van der Waals surface area contributed by atoms with Crippen LogP contribution in [0, 0.1) is 0 Å². The number of amides is 4. The maximum atomic E-state index is 12.1. The van der Waals surface area contributed by atoms with Gasteiger partial charge in [0.1, 0.15) is 0 Å². The van der Waals surface area contributed by atoms with Crippen LogP contribution < -0.4 is 16.0 Å². The van der Waals surface area contributed by atoms with E-state index in [1.807, 2.05) is 0 Å². The van der Waals surface area contributed by atoms with Crippen molar-refractivity contribution < 1.29 is 9.59 Å². The van der Waals surface area contributed by atoms with Gasteiger partial charge in [0, 0.05) is 41.6 Å². The van der Waals surface area contributed by atoms with Gasteiger partial charge in [0.25, 0.3) is 0 Å². The van der Waals surface area contributed by atoms with Crippen LogP contribution in [-0.4, -0.2) is 37.1 Å². The number of hydrogen-bond acceptors (Lipinski definition) is 2. The SMILES string of the molecule is CN(CCCNC(=O)Nc1cccc(Cl)c1)C(=O)Nc1cccc(Cl)c1. The summed E-state index contributed by atoms with van der Waals surface area (Å²) in [6.07, 6.45) is 0.614. The molecule has 0 saturated carbocycles. The molecular formula is C18H20Cl2N4O2. The molecule has 0 aliphatic rings. The van der Waals surface area contributed by atoms with Crippen LogP contribution in [0.15, 0.2) is 48.5 Å². The lowest BCUT2D eigenvalue weighted by atomic mass is 10.3. The molecule has 0 fully saturated rings. The van der Waals surface area contributed by atoms with E-state index in [1.165, 1.54) is 4.90 Å². The molecular weight excluding hydrogens is 375 g/mol. The molecule has 26 heavy (non-hydrogen) atoms. The summed E-state index contributed by atoms with van der Waals surface area (Å²) in [6, 6.07) is 13.3. The molecule has 0 spiro atoms. The van der Waals surface area contributed by atoms with Crippen LogP contribution in [0.1, 0.15) is 6.42 Å². The largest absolute Gasteiger partial charge is 0.338 e. The first kappa shape index (κ1) is 19.9. The Labute approximate surface area is 162 Å². The summed E-state index contributed by atoms with van der Waals surface area (Å²) in [5, 5.41) is 9.29. The van der Waals surface area contributed by atoms with E-state index in [-0.39, 0.29) is 12.1 Å². The van der Waals surface area contributed by atoms with Crippen LogP contribution in [0.2, 0.25) is 10.0 Å². The number of rotatable bonds is 6. The van der Waals surface area contributed by atoms with Gasteiger partial charge in [-0.25, -0.2) is 9.59 Å². The second-order valence-electron chi connectivity index (χ2n) is 5.61. The van der Waals surface area contributed by atoms with Gasteiger partial charge >= 0.3 is 12.1 Å². The van der Waals surface area contributed by atoms with E-state index in [0.717, 1.165) is 0 Å².